The molecule has 1 unspecified atom stereocenters. The molecular formula is C14H20O. The van der Waals surface area contributed by atoms with E-state index in [0.29, 0.717) is 0 Å². The zero-order chi connectivity index (χ0) is 10.7. The van der Waals surface area contributed by atoms with E-state index in [0.717, 1.165) is 18.8 Å². The molecule has 1 fully saturated rings. The summed E-state index contributed by atoms with van der Waals surface area (Å²) in [6.45, 7) is 1.97. The SMILES string of the molecule is CC(O)(Cc1ccccc1)CC1CCC1. The Morgan fingerprint density at radius 2 is 1.93 bits per heavy atom. The minimum Gasteiger partial charge on any atom is -0.390 e. The molecule has 1 aliphatic carbocycles. The van der Waals surface area contributed by atoms with Crippen LogP contribution < -0.4 is 0 Å². The zero-order valence-corrected chi connectivity index (χ0v) is 9.45. The number of aliphatic hydroxyl groups is 1. The van der Waals surface area contributed by atoms with Crippen molar-refractivity contribution in [3.8, 4) is 0 Å². The van der Waals surface area contributed by atoms with Crippen LogP contribution in [0.2, 0.25) is 0 Å². The first-order valence-electron chi connectivity index (χ1n) is 5.92. The summed E-state index contributed by atoms with van der Waals surface area (Å²) in [6.07, 6.45) is 5.72. The van der Waals surface area contributed by atoms with Crippen molar-refractivity contribution in [2.24, 2.45) is 5.92 Å². The van der Waals surface area contributed by atoms with E-state index in [1.165, 1.54) is 24.8 Å². The largest absolute Gasteiger partial charge is 0.390 e. The summed E-state index contributed by atoms with van der Waals surface area (Å²) in [4.78, 5) is 0. The van der Waals surface area contributed by atoms with Crippen molar-refractivity contribution in [1.29, 1.82) is 0 Å². The smallest absolute Gasteiger partial charge is 0.0662 e. The lowest BCUT2D eigenvalue weighted by Gasteiger charge is -2.33. The highest BCUT2D eigenvalue weighted by Crippen LogP contribution is 2.34. The number of rotatable bonds is 4. The zero-order valence-electron chi connectivity index (χ0n) is 9.45. The summed E-state index contributed by atoms with van der Waals surface area (Å²) in [6, 6.07) is 10.3. The standard InChI is InChI=1S/C14H20O/c1-14(15,11-13-8-5-9-13)10-12-6-3-2-4-7-12/h2-4,6-7,13,15H,5,8-11H2,1H3. The van der Waals surface area contributed by atoms with E-state index in [2.05, 4.69) is 12.1 Å². The third-order valence-electron chi connectivity index (χ3n) is 3.38. The molecule has 0 amide bonds. The van der Waals surface area contributed by atoms with Crippen LogP contribution in [0.1, 0.15) is 38.2 Å². The molecule has 1 heteroatoms. The van der Waals surface area contributed by atoms with Crippen molar-refractivity contribution in [2.75, 3.05) is 0 Å². The average Bonchev–Trinajstić information content (AvgIpc) is 2.13. The second-order valence-electron chi connectivity index (χ2n) is 5.16. The molecular weight excluding hydrogens is 184 g/mol. The Balaban J connectivity index is 1.91. The van der Waals surface area contributed by atoms with Crippen LogP contribution in [-0.4, -0.2) is 10.7 Å². The van der Waals surface area contributed by atoms with Gasteiger partial charge in [0, 0.05) is 6.42 Å². The minimum atomic E-state index is -0.521. The van der Waals surface area contributed by atoms with Crippen molar-refractivity contribution in [1.82, 2.24) is 0 Å². The highest BCUT2D eigenvalue weighted by Gasteiger charge is 2.28. The molecule has 82 valence electrons. The maximum atomic E-state index is 10.3. The lowest BCUT2D eigenvalue weighted by atomic mass is 9.76. The van der Waals surface area contributed by atoms with Gasteiger partial charge < -0.3 is 5.11 Å². The first-order chi connectivity index (χ1) is 7.16. The number of hydrogen-bond acceptors (Lipinski definition) is 1. The van der Waals surface area contributed by atoms with E-state index in [1.807, 2.05) is 25.1 Å². The van der Waals surface area contributed by atoms with Gasteiger partial charge in [-0.2, -0.15) is 0 Å². The molecule has 1 saturated carbocycles. The van der Waals surface area contributed by atoms with Crippen molar-refractivity contribution >= 4 is 0 Å². The molecule has 1 atom stereocenters. The second-order valence-corrected chi connectivity index (χ2v) is 5.16. The van der Waals surface area contributed by atoms with Crippen LogP contribution in [0.4, 0.5) is 0 Å². The van der Waals surface area contributed by atoms with Gasteiger partial charge in [-0.05, 0) is 24.8 Å². The predicted molar refractivity (Wildman–Crippen MR) is 62.7 cm³/mol. The van der Waals surface area contributed by atoms with Crippen LogP contribution in [-0.2, 0) is 6.42 Å². The van der Waals surface area contributed by atoms with Gasteiger partial charge in [-0.3, -0.25) is 0 Å². The fourth-order valence-corrected chi connectivity index (χ4v) is 2.43. The van der Waals surface area contributed by atoms with E-state index in [1.54, 1.807) is 0 Å². The predicted octanol–water partition coefficient (Wildman–Crippen LogP) is 3.17. The van der Waals surface area contributed by atoms with Gasteiger partial charge >= 0.3 is 0 Å². The van der Waals surface area contributed by atoms with Crippen LogP contribution in [0, 0.1) is 5.92 Å². The molecule has 0 spiro atoms. The molecule has 0 aliphatic heterocycles. The topological polar surface area (TPSA) is 20.2 Å². The summed E-state index contributed by atoms with van der Waals surface area (Å²) in [5.41, 5.74) is 0.716. The Morgan fingerprint density at radius 1 is 1.27 bits per heavy atom. The van der Waals surface area contributed by atoms with E-state index < -0.39 is 5.60 Å². The lowest BCUT2D eigenvalue weighted by molar-refractivity contribution is 0.0204. The molecule has 2 rings (SSSR count). The van der Waals surface area contributed by atoms with E-state index in [4.69, 9.17) is 0 Å². The molecule has 1 aromatic carbocycles. The van der Waals surface area contributed by atoms with Gasteiger partial charge in [0.15, 0.2) is 0 Å². The van der Waals surface area contributed by atoms with Gasteiger partial charge in [0.1, 0.15) is 0 Å². The quantitative estimate of drug-likeness (QED) is 0.798. The van der Waals surface area contributed by atoms with Gasteiger partial charge in [-0.15, -0.1) is 0 Å². The van der Waals surface area contributed by atoms with Gasteiger partial charge in [-0.1, -0.05) is 49.6 Å². The van der Waals surface area contributed by atoms with Crippen molar-refractivity contribution in [3.05, 3.63) is 35.9 Å². The third-order valence-corrected chi connectivity index (χ3v) is 3.38. The summed E-state index contributed by atoms with van der Waals surface area (Å²) in [5.74, 6) is 0.767. The summed E-state index contributed by atoms with van der Waals surface area (Å²) in [7, 11) is 0. The van der Waals surface area contributed by atoms with Crippen LogP contribution >= 0.6 is 0 Å². The van der Waals surface area contributed by atoms with Crippen LogP contribution in [0.15, 0.2) is 30.3 Å². The van der Waals surface area contributed by atoms with Gasteiger partial charge in [0.25, 0.3) is 0 Å². The second kappa shape index (κ2) is 4.36. The van der Waals surface area contributed by atoms with E-state index in [9.17, 15) is 5.11 Å². The molecule has 1 aliphatic rings. The monoisotopic (exact) mass is 204 g/mol. The van der Waals surface area contributed by atoms with Crippen LogP contribution in [0.3, 0.4) is 0 Å². The van der Waals surface area contributed by atoms with Crippen molar-refractivity contribution in [3.63, 3.8) is 0 Å². The fraction of sp³-hybridized carbons (Fsp3) is 0.571. The van der Waals surface area contributed by atoms with E-state index >= 15 is 0 Å². The minimum absolute atomic E-state index is 0.521. The maximum Gasteiger partial charge on any atom is 0.0662 e. The molecule has 0 bridgehead atoms. The Morgan fingerprint density at radius 3 is 2.47 bits per heavy atom. The molecule has 1 aromatic rings. The fourth-order valence-electron chi connectivity index (χ4n) is 2.43. The molecule has 1 nitrogen and oxygen atoms in total. The summed E-state index contributed by atoms with van der Waals surface area (Å²) < 4.78 is 0. The van der Waals surface area contributed by atoms with Crippen molar-refractivity contribution < 1.29 is 5.11 Å². The Labute approximate surface area is 92.1 Å². The Kier molecular flexibility index (Phi) is 3.11. The Hall–Kier alpha value is -0.820. The Bertz CT molecular complexity index is 298. The highest BCUT2D eigenvalue weighted by molar-refractivity contribution is 5.16. The van der Waals surface area contributed by atoms with Crippen LogP contribution in [0.25, 0.3) is 0 Å². The molecule has 0 heterocycles. The summed E-state index contributed by atoms with van der Waals surface area (Å²) >= 11 is 0. The molecule has 15 heavy (non-hydrogen) atoms. The van der Waals surface area contributed by atoms with Gasteiger partial charge in [0.2, 0.25) is 0 Å². The van der Waals surface area contributed by atoms with Gasteiger partial charge in [-0.25, -0.2) is 0 Å². The molecule has 1 N–H and O–H groups in total. The normalized spacial score (nSPS) is 20.7. The molecule has 0 radical (unpaired) electrons. The number of benzene rings is 1. The third kappa shape index (κ3) is 3.07. The first kappa shape index (κ1) is 10.7. The van der Waals surface area contributed by atoms with Crippen molar-refractivity contribution in [2.45, 2.75) is 44.6 Å². The van der Waals surface area contributed by atoms with E-state index in [-0.39, 0.29) is 0 Å². The number of hydrogen-bond donors (Lipinski definition) is 1. The van der Waals surface area contributed by atoms with Crippen LogP contribution in [0.5, 0.6) is 0 Å². The maximum absolute atomic E-state index is 10.3. The molecule has 0 saturated heterocycles. The van der Waals surface area contributed by atoms with Gasteiger partial charge in [0.05, 0.1) is 5.60 Å². The highest BCUT2D eigenvalue weighted by atomic mass is 16.3. The average molecular weight is 204 g/mol. The first-order valence-corrected chi connectivity index (χ1v) is 5.92. The molecule has 0 aromatic heterocycles. The summed E-state index contributed by atoms with van der Waals surface area (Å²) in [5, 5.41) is 10.3. The lowest BCUT2D eigenvalue weighted by Crippen LogP contribution is -2.32.